The highest BCUT2D eigenvalue weighted by Crippen LogP contribution is 2.27. The Morgan fingerprint density at radius 2 is 1.75 bits per heavy atom. The summed E-state index contributed by atoms with van der Waals surface area (Å²) in [6, 6.07) is 14.1. The lowest BCUT2D eigenvalue weighted by Crippen LogP contribution is -2.42. The Kier molecular flexibility index (Phi) is 6.20. The van der Waals surface area contributed by atoms with Gasteiger partial charge in [-0.15, -0.1) is 0 Å². The van der Waals surface area contributed by atoms with E-state index in [4.69, 9.17) is 0 Å². The van der Waals surface area contributed by atoms with Crippen LogP contribution in [-0.4, -0.2) is 38.1 Å². The fourth-order valence-corrected chi connectivity index (χ4v) is 5.56. The fraction of sp³-hybridized carbons (Fsp3) is 0.409. The number of hydrogen-bond acceptors (Lipinski definition) is 4. The van der Waals surface area contributed by atoms with E-state index in [9.17, 15) is 13.2 Å². The van der Waals surface area contributed by atoms with Crippen LogP contribution in [0.15, 0.2) is 53.4 Å². The molecule has 1 aliphatic rings. The number of nitrogens with one attached hydrogen (secondary N) is 1. The molecule has 3 rings (SSSR count). The van der Waals surface area contributed by atoms with E-state index in [0.29, 0.717) is 30.5 Å². The lowest BCUT2D eigenvalue weighted by Gasteiger charge is -2.34. The van der Waals surface area contributed by atoms with Crippen molar-refractivity contribution < 1.29 is 13.2 Å². The minimum absolute atomic E-state index is 0.117. The normalized spacial score (nSPS) is 20.7. The average molecular weight is 401 g/mol. The molecule has 0 aromatic heterocycles. The van der Waals surface area contributed by atoms with E-state index in [1.165, 1.54) is 6.07 Å². The Morgan fingerprint density at radius 3 is 2.43 bits per heavy atom. The number of Topliss-reactive ketones (excluding diaryl/α,β-unsaturated/α-hetero) is 1. The molecule has 2 aromatic rings. The summed E-state index contributed by atoms with van der Waals surface area (Å²) in [5, 5.41) is 3.13. The van der Waals surface area contributed by atoms with Gasteiger partial charge >= 0.3 is 0 Å². The van der Waals surface area contributed by atoms with Crippen LogP contribution in [0.2, 0.25) is 0 Å². The number of piperidine rings is 1. The molecule has 0 aliphatic carbocycles. The predicted molar refractivity (Wildman–Crippen MR) is 112 cm³/mol. The van der Waals surface area contributed by atoms with Gasteiger partial charge in [-0.2, -0.15) is 4.31 Å². The third-order valence-corrected chi connectivity index (χ3v) is 7.04. The Bertz CT molecular complexity index is 946. The maximum Gasteiger partial charge on any atom is 0.243 e. The van der Waals surface area contributed by atoms with E-state index in [-0.39, 0.29) is 17.2 Å². The molecule has 1 heterocycles. The van der Waals surface area contributed by atoms with Crippen LogP contribution in [0, 0.1) is 18.8 Å². The highest BCUT2D eigenvalue weighted by atomic mass is 32.2. The van der Waals surface area contributed by atoms with Gasteiger partial charge < -0.3 is 5.32 Å². The van der Waals surface area contributed by atoms with E-state index >= 15 is 0 Å². The molecule has 5 nitrogen and oxygen atoms in total. The standard InChI is InChI=1S/C22H28N2O3S/c1-16-11-17(2)15-24(14-16)28(26,27)20-9-6-8-19(12-20)22(25)13-23-21-10-5-4-7-18(21)3/h4-10,12,16-17,23H,11,13-15H2,1-3H3. The van der Waals surface area contributed by atoms with Gasteiger partial charge in [-0.05, 0) is 48.9 Å². The average Bonchev–Trinajstić information content (AvgIpc) is 2.66. The summed E-state index contributed by atoms with van der Waals surface area (Å²) < 4.78 is 27.7. The summed E-state index contributed by atoms with van der Waals surface area (Å²) in [5.74, 6) is 0.531. The van der Waals surface area contributed by atoms with Crippen molar-refractivity contribution in [3.05, 3.63) is 59.7 Å². The third kappa shape index (κ3) is 4.62. The highest BCUT2D eigenvalue weighted by Gasteiger charge is 2.31. The minimum atomic E-state index is -3.60. The first kappa shape index (κ1) is 20.6. The number of nitrogens with zero attached hydrogens (tertiary/aromatic N) is 1. The highest BCUT2D eigenvalue weighted by molar-refractivity contribution is 7.89. The van der Waals surface area contributed by atoms with Crippen LogP contribution >= 0.6 is 0 Å². The summed E-state index contributed by atoms with van der Waals surface area (Å²) in [6.07, 6.45) is 1.04. The van der Waals surface area contributed by atoms with Crippen molar-refractivity contribution in [3.8, 4) is 0 Å². The number of anilines is 1. The molecule has 0 radical (unpaired) electrons. The van der Waals surface area contributed by atoms with E-state index in [1.807, 2.05) is 31.2 Å². The van der Waals surface area contributed by atoms with Gasteiger partial charge in [0.25, 0.3) is 0 Å². The number of hydrogen-bond donors (Lipinski definition) is 1. The minimum Gasteiger partial charge on any atom is -0.377 e. The summed E-state index contributed by atoms with van der Waals surface area (Å²) in [6.45, 7) is 7.30. The van der Waals surface area contributed by atoms with Gasteiger partial charge in [0.05, 0.1) is 11.4 Å². The number of aryl methyl sites for hydroxylation is 1. The van der Waals surface area contributed by atoms with Crippen LogP contribution in [0.5, 0.6) is 0 Å². The first-order valence-corrected chi connectivity index (χ1v) is 11.1. The van der Waals surface area contributed by atoms with Gasteiger partial charge in [-0.1, -0.05) is 44.2 Å². The van der Waals surface area contributed by atoms with Gasteiger partial charge in [0.1, 0.15) is 0 Å². The van der Waals surface area contributed by atoms with Gasteiger partial charge in [0.15, 0.2) is 5.78 Å². The molecule has 1 saturated heterocycles. The van der Waals surface area contributed by atoms with Crippen molar-refractivity contribution in [1.29, 1.82) is 0 Å². The summed E-state index contributed by atoms with van der Waals surface area (Å²) in [7, 11) is -3.60. The number of sulfonamides is 1. The lowest BCUT2D eigenvalue weighted by atomic mass is 9.94. The summed E-state index contributed by atoms with van der Waals surface area (Å²) >= 11 is 0. The molecule has 0 amide bonds. The van der Waals surface area contributed by atoms with Crippen LogP contribution in [0.25, 0.3) is 0 Å². The third-order valence-electron chi connectivity index (χ3n) is 5.21. The molecule has 6 heteroatoms. The number of rotatable bonds is 6. The largest absolute Gasteiger partial charge is 0.377 e. The van der Waals surface area contributed by atoms with Crippen LogP contribution in [0.1, 0.15) is 36.2 Å². The Labute approximate surface area is 167 Å². The van der Waals surface area contributed by atoms with Crippen molar-refractivity contribution >= 4 is 21.5 Å². The molecule has 1 N–H and O–H groups in total. The monoisotopic (exact) mass is 400 g/mol. The molecular formula is C22H28N2O3S. The zero-order valence-corrected chi connectivity index (χ0v) is 17.5. The smallest absolute Gasteiger partial charge is 0.243 e. The number of ketones is 1. The summed E-state index contributed by atoms with van der Waals surface area (Å²) in [5.41, 5.74) is 2.36. The first-order chi connectivity index (χ1) is 13.3. The van der Waals surface area contributed by atoms with Crippen LogP contribution in [-0.2, 0) is 10.0 Å². The molecule has 0 bridgehead atoms. The maximum atomic E-state index is 13.1. The maximum absolute atomic E-state index is 13.1. The second-order valence-corrected chi connectivity index (χ2v) is 9.83. The van der Waals surface area contributed by atoms with Crippen molar-refractivity contribution in [2.45, 2.75) is 32.1 Å². The number of benzene rings is 2. The number of carbonyl (C=O) groups is 1. The van der Waals surface area contributed by atoms with Crippen LogP contribution < -0.4 is 5.32 Å². The van der Waals surface area contributed by atoms with Crippen molar-refractivity contribution in [2.75, 3.05) is 25.0 Å². The molecule has 150 valence electrons. The van der Waals surface area contributed by atoms with Crippen molar-refractivity contribution in [2.24, 2.45) is 11.8 Å². The van der Waals surface area contributed by atoms with Crippen molar-refractivity contribution in [1.82, 2.24) is 4.31 Å². The van der Waals surface area contributed by atoms with Gasteiger partial charge in [-0.25, -0.2) is 8.42 Å². The Morgan fingerprint density at radius 1 is 1.07 bits per heavy atom. The van der Waals surface area contributed by atoms with Gasteiger partial charge in [0.2, 0.25) is 10.0 Å². The SMILES string of the molecule is Cc1ccccc1NCC(=O)c1cccc(S(=O)(=O)N2CC(C)CC(C)C2)c1. The quantitative estimate of drug-likeness (QED) is 0.746. The second-order valence-electron chi connectivity index (χ2n) is 7.89. The molecule has 2 aromatic carbocycles. The number of carbonyl (C=O) groups excluding carboxylic acids is 1. The second kappa shape index (κ2) is 8.45. The van der Waals surface area contributed by atoms with Gasteiger partial charge in [-0.3, -0.25) is 4.79 Å². The molecule has 0 saturated carbocycles. The van der Waals surface area contributed by atoms with Gasteiger partial charge in [0, 0.05) is 24.3 Å². The van der Waals surface area contributed by atoms with Crippen LogP contribution in [0.4, 0.5) is 5.69 Å². The Hall–Kier alpha value is -2.18. The first-order valence-electron chi connectivity index (χ1n) is 9.70. The molecular weight excluding hydrogens is 372 g/mol. The molecule has 1 aliphatic heterocycles. The van der Waals surface area contributed by atoms with Crippen LogP contribution in [0.3, 0.4) is 0 Å². The molecule has 0 spiro atoms. The molecule has 2 atom stereocenters. The van der Waals surface area contributed by atoms with Crippen molar-refractivity contribution in [3.63, 3.8) is 0 Å². The molecule has 2 unspecified atom stereocenters. The lowest BCUT2D eigenvalue weighted by molar-refractivity contribution is 0.101. The van der Waals surface area contributed by atoms with E-state index < -0.39 is 10.0 Å². The van der Waals surface area contributed by atoms with E-state index in [1.54, 1.807) is 22.5 Å². The van der Waals surface area contributed by atoms with E-state index in [2.05, 4.69) is 19.2 Å². The topological polar surface area (TPSA) is 66.5 Å². The Balaban J connectivity index is 1.76. The predicted octanol–water partition coefficient (Wildman–Crippen LogP) is 3.96. The van der Waals surface area contributed by atoms with E-state index in [0.717, 1.165) is 17.7 Å². The molecule has 1 fully saturated rings. The number of para-hydroxylation sites is 1. The molecule has 28 heavy (non-hydrogen) atoms. The zero-order valence-electron chi connectivity index (χ0n) is 16.7. The summed E-state index contributed by atoms with van der Waals surface area (Å²) in [4.78, 5) is 12.8. The fourth-order valence-electron chi connectivity index (χ4n) is 3.83. The zero-order chi connectivity index (χ0) is 20.3.